The van der Waals surface area contributed by atoms with Crippen molar-refractivity contribution >= 4 is 28.5 Å². The molecule has 2 heterocycles. The summed E-state index contributed by atoms with van der Waals surface area (Å²) in [6.45, 7) is 7.60. The Morgan fingerprint density at radius 3 is 2.58 bits per heavy atom. The van der Waals surface area contributed by atoms with Crippen molar-refractivity contribution in [1.29, 1.82) is 0 Å². The summed E-state index contributed by atoms with van der Waals surface area (Å²) < 4.78 is 13.3. The minimum Gasteiger partial charge on any atom is -0.482 e. The number of carboxylic acid groups (broad SMARTS) is 1. The summed E-state index contributed by atoms with van der Waals surface area (Å²) in [4.78, 5) is 27.7. The summed E-state index contributed by atoms with van der Waals surface area (Å²) >= 11 is 0. The van der Waals surface area contributed by atoms with Gasteiger partial charge in [0.1, 0.15) is 17.2 Å². The number of ether oxygens (including phenoxy) is 2. The van der Waals surface area contributed by atoms with Crippen LogP contribution in [0.5, 0.6) is 17.2 Å². The predicted octanol–water partition coefficient (Wildman–Crippen LogP) is 4.93. The average molecular weight is 489 g/mol. The number of aliphatic carboxylic acids is 1. The number of aryl methyl sites for hydroxylation is 1. The number of fused-ring (bicyclic) bond motifs is 1. The Balaban J connectivity index is 1.46. The molecule has 4 aromatic rings. The van der Waals surface area contributed by atoms with Crippen LogP contribution in [0.15, 0.2) is 61.1 Å². The van der Waals surface area contributed by atoms with Gasteiger partial charge in [-0.3, -0.25) is 14.5 Å². The summed E-state index contributed by atoms with van der Waals surface area (Å²) in [5.41, 5.74) is 2.90. The number of carbonyl (C=O) groups excluding carboxylic acids is 1. The highest BCUT2D eigenvalue weighted by Gasteiger charge is 2.15. The zero-order chi connectivity index (χ0) is 25.9. The molecule has 9 nitrogen and oxygen atoms in total. The number of carboxylic acids is 1. The fraction of sp³-hybridized carbons (Fsp3) is 0.259. The highest BCUT2D eigenvalue weighted by molar-refractivity contribution is 5.92. The van der Waals surface area contributed by atoms with Gasteiger partial charge in [0.05, 0.1) is 29.4 Å². The number of rotatable bonds is 8. The van der Waals surface area contributed by atoms with Crippen LogP contribution in [0.2, 0.25) is 0 Å². The number of nitrogens with zero attached hydrogens (tertiary/aromatic N) is 3. The number of hydrogen-bond donors (Lipinski definition) is 2. The van der Waals surface area contributed by atoms with Crippen molar-refractivity contribution in [2.45, 2.75) is 39.7 Å². The van der Waals surface area contributed by atoms with Crippen molar-refractivity contribution in [1.82, 2.24) is 14.8 Å². The first-order chi connectivity index (χ1) is 17.1. The third-order valence-electron chi connectivity index (χ3n) is 5.41. The van der Waals surface area contributed by atoms with E-state index < -0.39 is 12.6 Å². The first kappa shape index (κ1) is 24.7. The van der Waals surface area contributed by atoms with Gasteiger partial charge in [0, 0.05) is 17.8 Å². The molecule has 4 rings (SSSR count). The van der Waals surface area contributed by atoms with Crippen LogP contribution in [-0.4, -0.2) is 38.4 Å². The number of benzene rings is 2. The molecule has 9 heteroatoms. The lowest BCUT2D eigenvalue weighted by Crippen LogP contribution is -2.22. The second kappa shape index (κ2) is 10.1. The van der Waals surface area contributed by atoms with E-state index in [9.17, 15) is 9.59 Å². The monoisotopic (exact) mass is 488 g/mol. The lowest BCUT2D eigenvalue weighted by Gasteiger charge is -2.18. The Hall–Kier alpha value is -4.40. The van der Waals surface area contributed by atoms with Crippen molar-refractivity contribution in [2.24, 2.45) is 0 Å². The van der Waals surface area contributed by atoms with Gasteiger partial charge in [-0.2, -0.15) is 5.10 Å². The molecular weight excluding hydrogens is 460 g/mol. The smallest absolute Gasteiger partial charge is 0.341 e. The highest BCUT2D eigenvalue weighted by atomic mass is 16.5. The van der Waals surface area contributed by atoms with Crippen LogP contribution in [0.3, 0.4) is 0 Å². The minimum atomic E-state index is -1.05. The molecule has 2 aromatic heterocycles. The summed E-state index contributed by atoms with van der Waals surface area (Å²) in [6.07, 6.45) is 5.31. The van der Waals surface area contributed by atoms with E-state index in [1.807, 2.05) is 56.8 Å². The van der Waals surface area contributed by atoms with Gasteiger partial charge in [-0.25, -0.2) is 4.79 Å². The average Bonchev–Trinajstić information content (AvgIpc) is 3.28. The maximum atomic E-state index is 12.6. The normalized spacial score (nSPS) is 11.3. The highest BCUT2D eigenvalue weighted by Crippen LogP contribution is 2.33. The zero-order valence-electron chi connectivity index (χ0n) is 20.6. The molecule has 0 atom stereocenters. The lowest BCUT2D eigenvalue weighted by atomic mass is 10.1. The van der Waals surface area contributed by atoms with Gasteiger partial charge in [0.2, 0.25) is 5.91 Å². The molecule has 0 fully saturated rings. The summed E-state index contributed by atoms with van der Waals surface area (Å²) in [5, 5.41) is 16.7. The van der Waals surface area contributed by atoms with E-state index in [0.717, 1.165) is 11.1 Å². The second-order valence-electron chi connectivity index (χ2n) is 9.44. The first-order valence-electron chi connectivity index (χ1n) is 11.4. The molecular formula is C27H28N4O5. The van der Waals surface area contributed by atoms with Crippen molar-refractivity contribution in [3.05, 3.63) is 72.2 Å². The Labute approximate surface area is 208 Å². The number of aromatic nitrogens is 3. The fourth-order valence-corrected chi connectivity index (χ4v) is 3.62. The van der Waals surface area contributed by atoms with Crippen molar-refractivity contribution < 1.29 is 24.2 Å². The van der Waals surface area contributed by atoms with E-state index in [1.165, 1.54) is 0 Å². The molecule has 186 valence electrons. The molecule has 2 aromatic carbocycles. The second-order valence-corrected chi connectivity index (χ2v) is 9.44. The Morgan fingerprint density at radius 1 is 1.08 bits per heavy atom. The molecule has 36 heavy (non-hydrogen) atoms. The molecule has 0 bridgehead atoms. The quantitative estimate of drug-likeness (QED) is 0.361. The van der Waals surface area contributed by atoms with Gasteiger partial charge in [-0.1, -0.05) is 12.1 Å². The van der Waals surface area contributed by atoms with Crippen LogP contribution in [0.4, 0.5) is 5.69 Å². The van der Waals surface area contributed by atoms with E-state index in [0.29, 0.717) is 33.8 Å². The Bertz CT molecular complexity index is 1420. The number of amides is 1. The van der Waals surface area contributed by atoms with Crippen LogP contribution in [0.25, 0.3) is 10.9 Å². The third kappa shape index (κ3) is 5.99. The van der Waals surface area contributed by atoms with Gasteiger partial charge in [0.25, 0.3) is 0 Å². The van der Waals surface area contributed by atoms with E-state index in [2.05, 4.69) is 15.4 Å². The van der Waals surface area contributed by atoms with Gasteiger partial charge in [-0.05, 0) is 69.2 Å². The molecule has 0 unspecified atom stereocenters. The van der Waals surface area contributed by atoms with Crippen molar-refractivity contribution in [2.75, 3.05) is 11.9 Å². The van der Waals surface area contributed by atoms with E-state index in [-0.39, 0.29) is 17.9 Å². The van der Waals surface area contributed by atoms with E-state index >= 15 is 0 Å². The Morgan fingerprint density at radius 2 is 1.89 bits per heavy atom. The molecule has 0 aliphatic heterocycles. The van der Waals surface area contributed by atoms with Gasteiger partial charge in [-0.15, -0.1) is 0 Å². The molecule has 1 amide bonds. The van der Waals surface area contributed by atoms with Crippen molar-refractivity contribution in [3.63, 3.8) is 0 Å². The molecule has 0 radical (unpaired) electrons. The van der Waals surface area contributed by atoms with Gasteiger partial charge < -0.3 is 19.9 Å². The van der Waals surface area contributed by atoms with Crippen LogP contribution in [-0.2, 0) is 21.5 Å². The van der Waals surface area contributed by atoms with Crippen LogP contribution < -0.4 is 14.8 Å². The number of carbonyl (C=O) groups is 2. The van der Waals surface area contributed by atoms with Crippen molar-refractivity contribution in [3.8, 4) is 17.2 Å². The zero-order valence-corrected chi connectivity index (χ0v) is 20.6. The summed E-state index contributed by atoms with van der Waals surface area (Å²) in [7, 11) is 0. The standard InChI is InChI=1S/C27H28N4O5/c1-17-11-18(12-25(32)30-19-14-29-31(15-19)27(2,3)4)5-8-23(17)36-24-9-10-28-22-7-6-20(13-21(22)24)35-16-26(33)34/h5-11,13-15H,12,16H2,1-4H3,(H,30,32)(H,33,34). The summed E-state index contributed by atoms with van der Waals surface area (Å²) in [5.74, 6) is 0.418. The largest absolute Gasteiger partial charge is 0.482 e. The molecule has 0 aliphatic rings. The maximum Gasteiger partial charge on any atom is 0.341 e. The maximum absolute atomic E-state index is 12.6. The lowest BCUT2D eigenvalue weighted by molar-refractivity contribution is -0.139. The minimum absolute atomic E-state index is 0.134. The van der Waals surface area contributed by atoms with E-state index in [1.54, 1.807) is 36.7 Å². The first-order valence-corrected chi connectivity index (χ1v) is 11.4. The van der Waals surface area contributed by atoms with Crippen LogP contribution in [0.1, 0.15) is 31.9 Å². The van der Waals surface area contributed by atoms with E-state index in [4.69, 9.17) is 14.6 Å². The SMILES string of the molecule is Cc1cc(CC(=O)Nc2cnn(C(C)(C)C)c2)ccc1Oc1ccnc2ccc(OCC(=O)O)cc12. The molecule has 2 N–H and O–H groups in total. The van der Waals surface area contributed by atoms with Crippen LogP contribution in [0, 0.1) is 6.92 Å². The number of pyridine rings is 1. The summed E-state index contributed by atoms with van der Waals surface area (Å²) in [6, 6.07) is 12.5. The number of hydrogen-bond acceptors (Lipinski definition) is 6. The number of anilines is 1. The molecule has 0 aliphatic carbocycles. The van der Waals surface area contributed by atoms with Gasteiger partial charge >= 0.3 is 5.97 Å². The third-order valence-corrected chi connectivity index (χ3v) is 5.41. The Kier molecular flexibility index (Phi) is 6.91. The van der Waals surface area contributed by atoms with Crippen LogP contribution >= 0.6 is 0 Å². The van der Waals surface area contributed by atoms with Gasteiger partial charge in [0.15, 0.2) is 6.61 Å². The fourth-order valence-electron chi connectivity index (χ4n) is 3.62. The topological polar surface area (TPSA) is 116 Å². The number of nitrogens with one attached hydrogen (secondary N) is 1. The molecule has 0 spiro atoms. The molecule has 0 saturated heterocycles. The molecule has 0 saturated carbocycles. The predicted molar refractivity (Wildman–Crippen MR) is 136 cm³/mol.